The Labute approximate surface area is 126 Å². The number of nitrogens with zero attached hydrogens (tertiary/aromatic N) is 6. The topological polar surface area (TPSA) is 90.0 Å². The number of hydrogen-bond acceptors (Lipinski definition) is 5. The van der Waals surface area contributed by atoms with Gasteiger partial charge in [-0.25, -0.2) is 4.98 Å². The van der Waals surface area contributed by atoms with Crippen LogP contribution < -0.4 is 5.32 Å². The summed E-state index contributed by atoms with van der Waals surface area (Å²) >= 11 is 0. The third-order valence-corrected chi connectivity index (χ3v) is 3.71. The van der Waals surface area contributed by atoms with Crippen molar-refractivity contribution in [3.05, 3.63) is 36.0 Å². The van der Waals surface area contributed by atoms with Gasteiger partial charge < -0.3 is 5.32 Å². The summed E-state index contributed by atoms with van der Waals surface area (Å²) in [5, 5.41) is 11.1. The molecule has 0 aliphatic heterocycles. The molecule has 0 bridgehead atoms. The van der Waals surface area contributed by atoms with Crippen LogP contribution in [0.25, 0.3) is 5.78 Å². The van der Waals surface area contributed by atoms with E-state index in [-0.39, 0.29) is 5.91 Å². The van der Waals surface area contributed by atoms with Gasteiger partial charge in [-0.2, -0.15) is 19.7 Å². The number of rotatable bonds is 4. The monoisotopic (exact) mass is 297 g/mol. The smallest absolute Gasteiger partial charge is 0.275 e. The van der Waals surface area contributed by atoms with Crippen LogP contribution in [-0.4, -0.2) is 35.3 Å². The number of fused-ring (bicyclic) bond motifs is 1. The van der Waals surface area contributed by atoms with Crippen molar-refractivity contribution < 1.29 is 4.79 Å². The predicted molar refractivity (Wildman–Crippen MR) is 78.6 cm³/mol. The van der Waals surface area contributed by atoms with Gasteiger partial charge in [-0.1, -0.05) is 0 Å². The lowest BCUT2D eigenvalue weighted by molar-refractivity contribution is 0.101. The predicted octanol–water partition coefficient (Wildman–Crippen LogP) is 1.47. The van der Waals surface area contributed by atoms with Crippen LogP contribution in [0.3, 0.4) is 0 Å². The molecule has 3 heterocycles. The van der Waals surface area contributed by atoms with E-state index in [1.54, 1.807) is 16.8 Å². The van der Waals surface area contributed by atoms with Crippen molar-refractivity contribution in [2.45, 2.75) is 32.2 Å². The molecule has 3 aromatic heterocycles. The lowest BCUT2D eigenvalue weighted by Gasteiger charge is -2.06. The first kappa shape index (κ1) is 12.9. The van der Waals surface area contributed by atoms with E-state index in [9.17, 15) is 4.79 Å². The molecule has 3 aromatic rings. The standard InChI is InChI=1S/C14H15N7O/c1-2-20-6-5-12(19-20)18-13(22)11-7-10(9-3-4-9)17-14-15-8-16-21(11)14/h5-9H,2-4H2,1H3,(H,18,19,22). The summed E-state index contributed by atoms with van der Waals surface area (Å²) in [6.45, 7) is 2.74. The van der Waals surface area contributed by atoms with Crippen LogP contribution in [0.2, 0.25) is 0 Å². The number of carbonyl (C=O) groups is 1. The number of carbonyl (C=O) groups excluding carboxylic acids is 1. The molecule has 0 aromatic carbocycles. The Morgan fingerprint density at radius 3 is 3.05 bits per heavy atom. The molecule has 1 saturated carbocycles. The van der Waals surface area contributed by atoms with Crippen molar-refractivity contribution in [2.75, 3.05) is 5.32 Å². The number of aromatic nitrogens is 6. The maximum atomic E-state index is 12.5. The van der Waals surface area contributed by atoms with E-state index in [4.69, 9.17) is 0 Å². The van der Waals surface area contributed by atoms with Gasteiger partial charge in [-0.05, 0) is 25.8 Å². The maximum Gasteiger partial charge on any atom is 0.275 e. The highest BCUT2D eigenvalue weighted by atomic mass is 16.2. The van der Waals surface area contributed by atoms with Crippen molar-refractivity contribution in [3.8, 4) is 0 Å². The zero-order valence-electron chi connectivity index (χ0n) is 12.1. The van der Waals surface area contributed by atoms with Crippen molar-refractivity contribution in [3.63, 3.8) is 0 Å². The van der Waals surface area contributed by atoms with Gasteiger partial charge in [0.1, 0.15) is 12.0 Å². The molecule has 1 N–H and O–H groups in total. The molecule has 112 valence electrons. The van der Waals surface area contributed by atoms with Crippen LogP contribution in [0.4, 0.5) is 5.82 Å². The van der Waals surface area contributed by atoms with E-state index in [2.05, 4.69) is 25.5 Å². The second-order valence-electron chi connectivity index (χ2n) is 5.32. The second-order valence-corrected chi connectivity index (χ2v) is 5.32. The van der Waals surface area contributed by atoms with Gasteiger partial charge in [-0.3, -0.25) is 9.48 Å². The molecular weight excluding hydrogens is 282 g/mol. The van der Waals surface area contributed by atoms with E-state index >= 15 is 0 Å². The lowest BCUT2D eigenvalue weighted by Crippen LogP contribution is -2.18. The zero-order chi connectivity index (χ0) is 15.1. The minimum Gasteiger partial charge on any atom is -0.304 e. The number of nitrogens with one attached hydrogen (secondary N) is 1. The summed E-state index contributed by atoms with van der Waals surface area (Å²) in [4.78, 5) is 21.1. The van der Waals surface area contributed by atoms with E-state index in [1.165, 1.54) is 10.8 Å². The van der Waals surface area contributed by atoms with Crippen molar-refractivity contribution in [1.29, 1.82) is 0 Å². The normalized spacial score (nSPS) is 14.4. The SMILES string of the molecule is CCn1ccc(NC(=O)c2cc(C3CC3)nc3ncnn23)n1. The van der Waals surface area contributed by atoms with Crippen molar-refractivity contribution in [1.82, 2.24) is 29.4 Å². The number of hydrogen-bond donors (Lipinski definition) is 1. The van der Waals surface area contributed by atoms with Crippen LogP contribution in [-0.2, 0) is 6.54 Å². The Kier molecular flexibility index (Phi) is 2.88. The fourth-order valence-electron chi connectivity index (χ4n) is 2.37. The number of amides is 1. The first-order chi connectivity index (χ1) is 10.7. The highest BCUT2D eigenvalue weighted by Crippen LogP contribution is 2.39. The Bertz CT molecular complexity index is 846. The molecule has 8 nitrogen and oxygen atoms in total. The summed E-state index contributed by atoms with van der Waals surface area (Å²) in [6.07, 6.45) is 5.45. The molecule has 4 rings (SSSR count). The zero-order valence-corrected chi connectivity index (χ0v) is 12.1. The van der Waals surface area contributed by atoms with Crippen molar-refractivity contribution >= 4 is 17.5 Å². The number of anilines is 1. The maximum absolute atomic E-state index is 12.5. The second kappa shape index (κ2) is 4.90. The van der Waals surface area contributed by atoms with E-state index in [0.29, 0.717) is 23.2 Å². The largest absolute Gasteiger partial charge is 0.304 e. The fraction of sp³-hybridized carbons (Fsp3) is 0.357. The van der Waals surface area contributed by atoms with Crippen LogP contribution >= 0.6 is 0 Å². The molecule has 0 saturated heterocycles. The Morgan fingerprint density at radius 1 is 1.45 bits per heavy atom. The van der Waals surface area contributed by atoms with E-state index < -0.39 is 0 Å². The molecule has 0 atom stereocenters. The molecular formula is C14H15N7O. The third kappa shape index (κ3) is 2.22. The van der Waals surface area contributed by atoms with Gasteiger partial charge in [0.2, 0.25) is 0 Å². The van der Waals surface area contributed by atoms with Crippen LogP contribution in [0.15, 0.2) is 24.7 Å². The van der Waals surface area contributed by atoms with Gasteiger partial charge in [0, 0.05) is 30.4 Å². The average molecular weight is 297 g/mol. The van der Waals surface area contributed by atoms with Gasteiger partial charge in [0.15, 0.2) is 5.82 Å². The van der Waals surface area contributed by atoms with Crippen molar-refractivity contribution in [2.24, 2.45) is 0 Å². The summed E-state index contributed by atoms with van der Waals surface area (Å²) < 4.78 is 3.21. The molecule has 0 spiro atoms. The summed E-state index contributed by atoms with van der Waals surface area (Å²) in [5.74, 6) is 1.15. The van der Waals surface area contributed by atoms with E-state index in [1.807, 2.05) is 13.1 Å². The lowest BCUT2D eigenvalue weighted by atomic mass is 10.2. The van der Waals surface area contributed by atoms with E-state index in [0.717, 1.165) is 25.1 Å². The number of aryl methyl sites for hydroxylation is 1. The quantitative estimate of drug-likeness (QED) is 0.787. The van der Waals surface area contributed by atoms with Gasteiger partial charge in [-0.15, -0.1) is 0 Å². The molecule has 22 heavy (non-hydrogen) atoms. The van der Waals surface area contributed by atoms with Crippen LogP contribution in [0, 0.1) is 0 Å². The van der Waals surface area contributed by atoms with Crippen LogP contribution in [0.5, 0.6) is 0 Å². The minimum atomic E-state index is -0.263. The van der Waals surface area contributed by atoms with Gasteiger partial charge in [0.25, 0.3) is 11.7 Å². The van der Waals surface area contributed by atoms with Gasteiger partial charge >= 0.3 is 0 Å². The minimum absolute atomic E-state index is 0.263. The molecule has 0 radical (unpaired) electrons. The molecule has 1 fully saturated rings. The van der Waals surface area contributed by atoms with Gasteiger partial charge in [0.05, 0.1) is 0 Å². The Balaban J connectivity index is 1.69. The average Bonchev–Trinajstić information content (AvgIpc) is 3.10. The summed E-state index contributed by atoms with van der Waals surface area (Å²) in [6, 6.07) is 3.56. The molecule has 8 heteroatoms. The fourth-order valence-corrected chi connectivity index (χ4v) is 2.37. The third-order valence-electron chi connectivity index (χ3n) is 3.71. The molecule has 0 unspecified atom stereocenters. The first-order valence-electron chi connectivity index (χ1n) is 7.30. The highest BCUT2D eigenvalue weighted by molar-refractivity contribution is 6.02. The first-order valence-corrected chi connectivity index (χ1v) is 7.30. The summed E-state index contributed by atoms with van der Waals surface area (Å²) in [5.41, 5.74) is 1.33. The molecule has 1 aliphatic carbocycles. The molecule has 1 aliphatic rings. The Hall–Kier alpha value is -2.77. The summed E-state index contributed by atoms with van der Waals surface area (Å²) in [7, 11) is 0. The highest BCUT2D eigenvalue weighted by Gasteiger charge is 2.27. The Morgan fingerprint density at radius 2 is 2.32 bits per heavy atom. The molecule has 1 amide bonds. The van der Waals surface area contributed by atoms with Crippen LogP contribution in [0.1, 0.15) is 41.9 Å².